The smallest absolute Gasteiger partial charge is 0.220 e. The van der Waals surface area contributed by atoms with Crippen LogP contribution < -0.4 is 5.32 Å². The topological polar surface area (TPSA) is 29.1 Å². The van der Waals surface area contributed by atoms with E-state index in [-0.39, 0.29) is 11.9 Å². The molecule has 1 N–H and O–H groups in total. The van der Waals surface area contributed by atoms with Crippen LogP contribution in [-0.4, -0.2) is 11.9 Å². The van der Waals surface area contributed by atoms with Crippen LogP contribution in [0.5, 0.6) is 0 Å². The normalized spacial score (nSPS) is 11.6. The number of rotatable bonds is 7. The molecule has 0 aromatic carbocycles. The van der Waals surface area contributed by atoms with Crippen molar-refractivity contribution in [2.24, 2.45) is 5.92 Å². The lowest BCUT2D eigenvalue weighted by Crippen LogP contribution is -2.29. The van der Waals surface area contributed by atoms with Crippen molar-refractivity contribution in [2.75, 3.05) is 0 Å². The number of carbonyl (C=O) groups excluding carboxylic acids is 1. The van der Waals surface area contributed by atoms with E-state index in [1.165, 1.54) is 0 Å². The Morgan fingerprint density at radius 3 is 2.40 bits per heavy atom. The summed E-state index contributed by atoms with van der Waals surface area (Å²) in [6, 6.07) is 0.262. The number of carbonyl (C=O) groups is 1. The van der Waals surface area contributed by atoms with E-state index in [9.17, 15) is 4.79 Å². The highest BCUT2D eigenvalue weighted by atomic mass is 16.1. The second-order valence-electron chi connectivity index (χ2n) is 4.64. The molecular weight excluding hydrogens is 186 g/mol. The van der Waals surface area contributed by atoms with E-state index in [4.69, 9.17) is 0 Å². The largest absolute Gasteiger partial charge is 0.354 e. The molecule has 1 amide bonds. The molecule has 15 heavy (non-hydrogen) atoms. The van der Waals surface area contributed by atoms with Crippen LogP contribution in [0.2, 0.25) is 0 Å². The Labute approximate surface area is 94.1 Å². The Hall–Kier alpha value is -0.790. The molecule has 0 aliphatic carbocycles. The molecule has 2 heteroatoms. The molecule has 0 aliphatic rings. The first-order valence-electron chi connectivity index (χ1n) is 5.98. The van der Waals surface area contributed by atoms with Crippen LogP contribution in [0.4, 0.5) is 0 Å². The third-order valence-corrected chi connectivity index (χ3v) is 2.00. The van der Waals surface area contributed by atoms with Gasteiger partial charge in [-0.15, -0.1) is 0 Å². The number of amides is 1. The summed E-state index contributed by atoms with van der Waals surface area (Å²) in [6.07, 6.45) is 8.27. The monoisotopic (exact) mass is 211 g/mol. The number of hydrogen-bond donors (Lipinski definition) is 1. The van der Waals surface area contributed by atoms with E-state index < -0.39 is 0 Å². The van der Waals surface area contributed by atoms with Crippen molar-refractivity contribution in [1.82, 2.24) is 5.32 Å². The fraction of sp³-hybridized carbons (Fsp3) is 0.769. The van der Waals surface area contributed by atoms with Gasteiger partial charge in [0, 0.05) is 12.5 Å². The molecule has 88 valence electrons. The van der Waals surface area contributed by atoms with Gasteiger partial charge < -0.3 is 5.32 Å². The Morgan fingerprint density at radius 1 is 1.20 bits per heavy atom. The molecular formula is C13H25NO. The number of hydrogen-bond acceptors (Lipinski definition) is 1. The van der Waals surface area contributed by atoms with Gasteiger partial charge >= 0.3 is 0 Å². The molecule has 0 heterocycles. The summed E-state index contributed by atoms with van der Waals surface area (Å²) in [6.45, 7) is 8.33. The van der Waals surface area contributed by atoms with Gasteiger partial charge in [-0.25, -0.2) is 0 Å². The minimum atomic E-state index is 0.179. The lowest BCUT2D eigenvalue weighted by atomic mass is 10.1. The Bertz CT molecular complexity index is 195. The first kappa shape index (κ1) is 14.2. The fourth-order valence-corrected chi connectivity index (χ4v) is 1.31. The maximum atomic E-state index is 11.3. The van der Waals surface area contributed by atoms with Gasteiger partial charge in [-0.05, 0) is 39.0 Å². The van der Waals surface area contributed by atoms with Crippen LogP contribution in [0, 0.1) is 5.92 Å². The number of nitrogens with one attached hydrogen (secondary N) is 1. The summed E-state index contributed by atoms with van der Waals surface area (Å²) in [5.74, 6) is 0.812. The van der Waals surface area contributed by atoms with E-state index in [0.717, 1.165) is 19.3 Å². The van der Waals surface area contributed by atoms with Crippen LogP contribution in [0.3, 0.4) is 0 Å². The second kappa shape index (κ2) is 8.51. The molecule has 0 aromatic heterocycles. The zero-order valence-corrected chi connectivity index (χ0v) is 10.5. The maximum Gasteiger partial charge on any atom is 0.220 e. The zero-order chi connectivity index (χ0) is 11.7. The van der Waals surface area contributed by atoms with Gasteiger partial charge in [-0.1, -0.05) is 26.0 Å². The first-order valence-corrected chi connectivity index (χ1v) is 5.98. The van der Waals surface area contributed by atoms with Gasteiger partial charge in [0.25, 0.3) is 0 Å². The van der Waals surface area contributed by atoms with Crippen molar-refractivity contribution in [2.45, 2.75) is 59.4 Å². The van der Waals surface area contributed by atoms with Crippen LogP contribution in [0.25, 0.3) is 0 Å². The van der Waals surface area contributed by atoms with E-state index in [1.54, 1.807) is 0 Å². The van der Waals surface area contributed by atoms with Gasteiger partial charge in [0.2, 0.25) is 5.91 Å². The molecule has 0 aromatic rings. The quantitative estimate of drug-likeness (QED) is 0.508. The molecule has 0 unspecified atom stereocenters. The summed E-state index contributed by atoms with van der Waals surface area (Å²) >= 11 is 0. The minimum Gasteiger partial charge on any atom is -0.354 e. The molecule has 0 radical (unpaired) electrons. The number of allylic oxidation sites excluding steroid dienone is 2. The molecule has 0 rings (SSSR count). The van der Waals surface area contributed by atoms with Crippen molar-refractivity contribution in [1.29, 1.82) is 0 Å². The summed E-state index contributed by atoms with van der Waals surface area (Å²) in [5, 5.41) is 2.89. The Kier molecular flexibility index (Phi) is 8.06. The second-order valence-corrected chi connectivity index (χ2v) is 4.64. The van der Waals surface area contributed by atoms with Crippen molar-refractivity contribution in [3.05, 3.63) is 12.2 Å². The van der Waals surface area contributed by atoms with Crippen LogP contribution in [0.1, 0.15) is 53.4 Å². The van der Waals surface area contributed by atoms with Crippen molar-refractivity contribution in [3.8, 4) is 0 Å². The highest BCUT2D eigenvalue weighted by molar-refractivity contribution is 5.76. The Balaban J connectivity index is 3.35. The molecule has 0 bridgehead atoms. The van der Waals surface area contributed by atoms with E-state index in [2.05, 4.69) is 31.3 Å². The molecule has 2 nitrogen and oxygen atoms in total. The van der Waals surface area contributed by atoms with E-state index in [0.29, 0.717) is 12.3 Å². The molecule has 0 saturated carbocycles. The maximum absolute atomic E-state index is 11.3. The standard InChI is InChI=1S/C13H25NO/c1-11(2)9-7-5-6-8-10-13(15)14-12(3)4/h7,9,11-12H,5-6,8,10H2,1-4H3,(H,14,15)/b9-7-. The predicted octanol–water partition coefficient (Wildman–Crippen LogP) is 3.28. The predicted molar refractivity (Wildman–Crippen MR) is 65.7 cm³/mol. The SMILES string of the molecule is CC(C)/C=C\CCCCC(=O)NC(C)C. The Morgan fingerprint density at radius 2 is 1.87 bits per heavy atom. The summed E-state index contributed by atoms with van der Waals surface area (Å²) < 4.78 is 0. The average Bonchev–Trinajstić information content (AvgIpc) is 2.09. The van der Waals surface area contributed by atoms with Gasteiger partial charge in [-0.2, -0.15) is 0 Å². The lowest BCUT2D eigenvalue weighted by molar-refractivity contribution is -0.121. The molecule has 0 fully saturated rings. The molecule has 0 atom stereocenters. The summed E-state index contributed by atoms with van der Waals surface area (Å²) in [4.78, 5) is 11.3. The third kappa shape index (κ3) is 11.1. The van der Waals surface area contributed by atoms with Crippen molar-refractivity contribution >= 4 is 5.91 Å². The zero-order valence-electron chi connectivity index (χ0n) is 10.5. The van der Waals surface area contributed by atoms with Crippen molar-refractivity contribution < 1.29 is 4.79 Å². The summed E-state index contributed by atoms with van der Waals surface area (Å²) in [7, 11) is 0. The molecule has 0 spiro atoms. The van der Waals surface area contributed by atoms with E-state index >= 15 is 0 Å². The van der Waals surface area contributed by atoms with Crippen molar-refractivity contribution in [3.63, 3.8) is 0 Å². The third-order valence-electron chi connectivity index (χ3n) is 2.00. The minimum absolute atomic E-state index is 0.179. The highest BCUT2D eigenvalue weighted by Gasteiger charge is 2.01. The van der Waals surface area contributed by atoms with Crippen LogP contribution in [0.15, 0.2) is 12.2 Å². The van der Waals surface area contributed by atoms with Crippen LogP contribution >= 0.6 is 0 Å². The average molecular weight is 211 g/mol. The first-order chi connectivity index (χ1) is 7.02. The molecule has 0 saturated heterocycles. The highest BCUT2D eigenvalue weighted by Crippen LogP contribution is 2.03. The molecule has 0 aliphatic heterocycles. The van der Waals surface area contributed by atoms with Gasteiger partial charge in [-0.3, -0.25) is 4.79 Å². The lowest BCUT2D eigenvalue weighted by Gasteiger charge is -2.07. The van der Waals surface area contributed by atoms with Gasteiger partial charge in [0.05, 0.1) is 0 Å². The van der Waals surface area contributed by atoms with E-state index in [1.807, 2.05) is 13.8 Å². The van der Waals surface area contributed by atoms with Crippen LogP contribution in [-0.2, 0) is 4.79 Å². The van der Waals surface area contributed by atoms with Gasteiger partial charge in [0.1, 0.15) is 0 Å². The number of unbranched alkanes of at least 4 members (excludes halogenated alkanes) is 2. The summed E-state index contributed by atoms with van der Waals surface area (Å²) in [5.41, 5.74) is 0. The van der Waals surface area contributed by atoms with Gasteiger partial charge in [0.15, 0.2) is 0 Å². The fourth-order valence-electron chi connectivity index (χ4n) is 1.31.